The van der Waals surface area contributed by atoms with E-state index in [0.717, 1.165) is 26.2 Å². The molecule has 1 saturated heterocycles. The lowest BCUT2D eigenvalue weighted by atomic mass is 10.3. The molecule has 0 amide bonds. The van der Waals surface area contributed by atoms with Crippen LogP contribution in [0.4, 0.5) is 0 Å². The zero-order valence-electron chi connectivity index (χ0n) is 12.5. The van der Waals surface area contributed by atoms with E-state index in [9.17, 15) is 13.5 Å². The van der Waals surface area contributed by atoms with Gasteiger partial charge in [-0.15, -0.1) is 11.3 Å². The standard InChI is InChI=1S/C13H23N3O3S2/c1-14(2)4-5-15-6-8-16(9-7-15)21(18,19)13-3-10-20-12(13)11-17/h3,10,17H,4-9,11H2,1-2H3. The minimum atomic E-state index is -3.47. The summed E-state index contributed by atoms with van der Waals surface area (Å²) in [6.45, 7) is 4.24. The van der Waals surface area contributed by atoms with Gasteiger partial charge in [0.25, 0.3) is 0 Å². The summed E-state index contributed by atoms with van der Waals surface area (Å²) < 4.78 is 26.7. The molecule has 21 heavy (non-hydrogen) atoms. The van der Waals surface area contributed by atoms with Crippen molar-refractivity contribution in [1.29, 1.82) is 0 Å². The molecular formula is C13H23N3O3S2. The molecule has 2 rings (SSSR count). The van der Waals surface area contributed by atoms with Gasteiger partial charge in [0.2, 0.25) is 10.0 Å². The van der Waals surface area contributed by atoms with Gasteiger partial charge >= 0.3 is 0 Å². The fourth-order valence-electron chi connectivity index (χ4n) is 2.35. The summed E-state index contributed by atoms with van der Waals surface area (Å²) in [5.41, 5.74) is 0. The highest BCUT2D eigenvalue weighted by Crippen LogP contribution is 2.25. The average molecular weight is 333 g/mol. The maximum absolute atomic E-state index is 12.6. The van der Waals surface area contributed by atoms with Gasteiger partial charge < -0.3 is 10.0 Å². The number of nitrogens with zero attached hydrogens (tertiary/aromatic N) is 3. The first kappa shape index (κ1) is 16.9. The van der Waals surface area contributed by atoms with Crippen LogP contribution < -0.4 is 0 Å². The molecule has 1 aromatic rings. The summed E-state index contributed by atoms with van der Waals surface area (Å²) in [5, 5.41) is 11.0. The third-order valence-electron chi connectivity index (χ3n) is 3.66. The number of piperazine rings is 1. The Balaban J connectivity index is 1.98. The lowest BCUT2D eigenvalue weighted by Gasteiger charge is -2.34. The van der Waals surface area contributed by atoms with Gasteiger partial charge in [0.1, 0.15) is 0 Å². The number of aliphatic hydroxyl groups is 1. The van der Waals surface area contributed by atoms with E-state index in [0.29, 0.717) is 18.0 Å². The second-order valence-corrected chi connectivity index (χ2v) is 8.32. The number of sulfonamides is 1. The summed E-state index contributed by atoms with van der Waals surface area (Å²) in [6.07, 6.45) is 0. The third kappa shape index (κ3) is 4.02. The molecule has 0 unspecified atom stereocenters. The van der Waals surface area contributed by atoms with E-state index in [4.69, 9.17) is 0 Å². The third-order valence-corrected chi connectivity index (χ3v) is 6.68. The quantitative estimate of drug-likeness (QED) is 0.800. The van der Waals surface area contributed by atoms with Crippen molar-refractivity contribution >= 4 is 21.4 Å². The van der Waals surface area contributed by atoms with Crippen molar-refractivity contribution in [1.82, 2.24) is 14.1 Å². The van der Waals surface area contributed by atoms with Crippen LogP contribution in [0.5, 0.6) is 0 Å². The average Bonchev–Trinajstić information content (AvgIpc) is 2.94. The minimum Gasteiger partial charge on any atom is -0.391 e. The van der Waals surface area contributed by atoms with Crippen LogP contribution in [0.3, 0.4) is 0 Å². The van der Waals surface area contributed by atoms with E-state index in [1.165, 1.54) is 15.6 Å². The van der Waals surface area contributed by atoms with Crippen molar-refractivity contribution in [3.63, 3.8) is 0 Å². The predicted molar refractivity (Wildman–Crippen MR) is 84.0 cm³/mol. The molecule has 1 aromatic heterocycles. The largest absolute Gasteiger partial charge is 0.391 e. The fourth-order valence-corrected chi connectivity index (χ4v) is 5.04. The Kier molecular flexibility index (Phi) is 5.75. The van der Waals surface area contributed by atoms with Crippen LogP contribution in [0.25, 0.3) is 0 Å². The molecule has 0 aromatic carbocycles. The summed E-state index contributed by atoms with van der Waals surface area (Å²) in [5.74, 6) is 0. The second kappa shape index (κ2) is 7.17. The van der Waals surface area contributed by atoms with Gasteiger partial charge in [0.15, 0.2) is 0 Å². The van der Waals surface area contributed by atoms with Crippen molar-refractivity contribution in [2.24, 2.45) is 0 Å². The Morgan fingerprint density at radius 1 is 1.29 bits per heavy atom. The van der Waals surface area contributed by atoms with Crippen molar-refractivity contribution in [2.75, 3.05) is 53.4 Å². The summed E-state index contributed by atoms with van der Waals surface area (Å²) >= 11 is 1.28. The molecule has 0 spiro atoms. The van der Waals surface area contributed by atoms with Crippen molar-refractivity contribution in [3.8, 4) is 0 Å². The summed E-state index contributed by atoms with van der Waals surface area (Å²) in [7, 11) is 0.601. The Morgan fingerprint density at radius 2 is 1.95 bits per heavy atom. The van der Waals surface area contributed by atoms with Crippen LogP contribution >= 0.6 is 11.3 Å². The monoisotopic (exact) mass is 333 g/mol. The Labute approximate surface area is 130 Å². The second-order valence-electron chi connectivity index (χ2n) is 5.42. The number of likely N-dealkylation sites (N-methyl/N-ethyl adjacent to an activating group) is 1. The van der Waals surface area contributed by atoms with Crippen LogP contribution in [-0.4, -0.2) is 81.0 Å². The van der Waals surface area contributed by atoms with Crippen LogP contribution in [0.15, 0.2) is 16.3 Å². The van der Waals surface area contributed by atoms with Crippen LogP contribution in [0, 0.1) is 0 Å². The Hall–Kier alpha value is -0.510. The molecule has 1 aliphatic heterocycles. The molecule has 2 heterocycles. The first-order chi connectivity index (χ1) is 9.95. The lowest BCUT2D eigenvalue weighted by Crippen LogP contribution is -2.49. The van der Waals surface area contributed by atoms with E-state index in [-0.39, 0.29) is 11.5 Å². The van der Waals surface area contributed by atoms with Gasteiger partial charge in [-0.1, -0.05) is 0 Å². The van der Waals surface area contributed by atoms with Gasteiger partial charge in [-0.25, -0.2) is 8.42 Å². The Bertz CT molecular complexity index is 549. The van der Waals surface area contributed by atoms with Gasteiger partial charge in [-0.3, -0.25) is 4.90 Å². The van der Waals surface area contributed by atoms with Crippen LogP contribution in [-0.2, 0) is 16.6 Å². The summed E-state index contributed by atoms with van der Waals surface area (Å²) in [6, 6.07) is 1.59. The first-order valence-corrected chi connectivity index (χ1v) is 9.31. The van der Waals surface area contributed by atoms with E-state index in [2.05, 4.69) is 9.80 Å². The van der Waals surface area contributed by atoms with Gasteiger partial charge in [-0.2, -0.15) is 4.31 Å². The molecule has 1 fully saturated rings. The smallest absolute Gasteiger partial charge is 0.244 e. The van der Waals surface area contributed by atoms with Crippen molar-refractivity contribution in [2.45, 2.75) is 11.5 Å². The van der Waals surface area contributed by atoms with Gasteiger partial charge in [0.05, 0.1) is 11.5 Å². The SMILES string of the molecule is CN(C)CCN1CCN(S(=O)(=O)c2ccsc2CO)CC1. The van der Waals surface area contributed by atoms with E-state index in [1.807, 2.05) is 14.1 Å². The first-order valence-electron chi connectivity index (χ1n) is 6.99. The molecule has 0 bridgehead atoms. The zero-order chi connectivity index (χ0) is 15.5. The molecule has 0 radical (unpaired) electrons. The highest BCUT2D eigenvalue weighted by molar-refractivity contribution is 7.89. The molecule has 0 atom stereocenters. The molecule has 0 aliphatic carbocycles. The molecule has 120 valence electrons. The normalized spacial score (nSPS) is 18.5. The minimum absolute atomic E-state index is 0.227. The number of hydrogen-bond donors (Lipinski definition) is 1. The van der Waals surface area contributed by atoms with E-state index in [1.54, 1.807) is 11.4 Å². The number of thiophene rings is 1. The molecule has 6 nitrogen and oxygen atoms in total. The van der Waals surface area contributed by atoms with Gasteiger partial charge in [-0.05, 0) is 25.5 Å². The van der Waals surface area contributed by atoms with E-state index < -0.39 is 10.0 Å². The molecular weight excluding hydrogens is 310 g/mol. The van der Waals surface area contributed by atoms with E-state index >= 15 is 0 Å². The summed E-state index contributed by atoms with van der Waals surface area (Å²) in [4.78, 5) is 5.19. The van der Waals surface area contributed by atoms with Gasteiger partial charge in [0, 0.05) is 44.1 Å². The number of rotatable bonds is 6. The number of hydrogen-bond acceptors (Lipinski definition) is 6. The zero-order valence-corrected chi connectivity index (χ0v) is 14.2. The molecule has 1 N–H and O–H groups in total. The fraction of sp³-hybridized carbons (Fsp3) is 0.692. The van der Waals surface area contributed by atoms with Crippen LogP contribution in [0.2, 0.25) is 0 Å². The van der Waals surface area contributed by atoms with Crippen LogP contribution in [0.1, 0.15) is 4.88 Å². The maximum Gasteiger partial charge on any atom is 0.244 e. The highest BCUT2D eigenvalue weighted by Gasteiger charge is 2.30. The molecule has 0 saturated carbocycles. The maximum atomic E-state index is 12.6. The highest BCUT2D eigenvalue weighted by atomic mass is 32.2. The molecule has 1 aliphatic rings. The Morgan fingerprint density at radius 3 is 2.52 bits per heavy atom. The number of aliphatic hydroxyl groups excluding tert-OH is 1. The van der Waals surface area contributed by atoms with Crippen molar-refractivity contribution in [3.05, 3.63) is 16.3 Å². The molecule has 8 heteroatoms. The lowest BCUT2D eigenvalue weighted by molar-refractivity contribution is 0.174. The van der Waals surface area contributed by atoms with Crippen molar-refractivity contribution < 1.29 is 13.5 Å². The topological polar surface area (TPSA) is 64.1 Å². The predicted octanol–water partition coefficient (Wildman–Crippen LogP) is 0.108.